The van der Waals surface area contributed by atoms with Crippen LogP contribution in [0, 0.1) is 0 Å². The molecule has 5 heteroatoms. The average molecular weight is 345 g/mol. The van der Waals surface area contributed by atoms with Crippen molar-refractivity contribution in [3.63, 3.8) is 0 Å². The SMILES string of the molecule is O=C(CN1CCN(CCOc2ccccc2)CC1)NC1CCCCC1. The van der Waals surface area contributed by atoms with Gasteiger partial charge in [0.2, 0.25) is 5.91 Å². The molecule has 3 rings (SSSR count). The molecular weight excluding hydrogens is 314 g/mol. The molecule has 0 atom stereocenters. The number of ether oxygens (including phenoxy) is 1. The first kappa shape index (κ1) is 18.2. The van der Waals surface area contributed by atoms with E-state index in [-0.39, 0.29) is 5.91 Å². The summed E-state index contributed by atoms with van der Waals surface area (Å²) < 4.78 is 5.77. The maximum absolute atomic E-state index is 12.2. The summed E-state index contributed by atoms with van der Waals surface area (Å²) in [6.45, 7) is 6.14. The first-order valence-corrected chi connectivity index (χ1v) is 9.71. The molecule has 0 bridgehead atoms. The quantitative estimate of drug-likeness (QED) is 0.822. The number of nitrogens with one attached hydrogen (secondary N) is 1. The monoisotopic (exact) mass is 345 g/mol. The molecule has 1 aliphatic carbocycles. The first-order valence-electron chi connectivity index (χ1n) is 9.71. The summed E-state index contributed by atoms with van der Waals surface area (Å²) in [4.78, 5) is 16.9. The van der Waals surface area contributed by atoms with Crippen LogP contribution in [0.1, 0.15) is 32.1 Å². The summed E-state index contributed by atoms with van der Waals surface area (Å²) in [5.41, 5.74) is 0. The topological polar surface area (TPSA) is 44.8 Å². The van der Waals surface area contributed by atoms with Crippen molar-refractivity contribution < 1.29 is 9.53 Å². The zero-order chi connectivity index (χ0) is 17.3. The standard InChI is InChI=1S/C20H31N3O2/c24-20(21-18-7-3-1-4-8-18)17-23-13-11-22(12-14-23)15-16-25-19-9-5-2-6-10-19/h2,5-6,9-10,18H,1,3-4,7-8,11-17H2,(H,21,24). The van der Waals surface area contributed by atoms with Crippen molar-refractivity contribution in [3.05, 3.63) is 30.3 Å². The van der Waals surface area contributed by atoms with E-state index in [1.807, 2.05) is 30.3 Å². The summed E-state index contributed by atoms with van der Waals surface area (Å²) in [5.74, 6) is 1.13. The molecule has 2 aliphatic rings. The number of hydrogen-bond donors (Lipinski definition) is 1. The third-order valence-corrected chi connectivity index (χ3v) is 5.22. The molecule has 138 valence electrons. The largest absolute Gasteiger partial charge is 0.492 e. The van der Waals surface area contributed by atoms with Gasteiger partial charge < -0.3 is 10.1 Å². The summed E-state index contributed by atoms with van der Waals surface area (Å²) in [5, 5.41) is 3.22. The lowest BCUT2D eigenvalue weighted by Crippen LogP contribution is -2.51. The number of nitrogens with zero attached hydrogens (tertiary/aromatic N) is 2. The predicted octanol–water partition coefficient (Wildman–Crippen LogP) is 2.13. The van der Waals surface area contributed by atoms with E-state index in [4.69, 9.17) is 4.74 Å². The molecule has 1 aromatic rings. The van der Waals surface area contributed by atoms with Gasteiger partial charge in [0.25, 0.3) is 0 Å². The van der Waals surface area contributed by atoms with E-state index >= 15 is 0 Å². The molecule has 1 saturated carbocycles. The Bertz CT molecular complexity index is 509. The first-order chi connectivity index (χ1) is 12.3. The van der Waals surface area contributed by atoms with Crippen LogP contribution in [-0.2, 0) is 4.79 Å². The number of rotatable bonds is 7. The van der Waals surface area contributed by atoms with Crippen LogP contribution in [0.2, 0.25) is 0 Å². The van der Waals surface area contributed by atoms with Gasteiger partial charge in [-0.2, -0.15) is 0 Å². The van der Waals surface area contributed by atoms with Crippen molar-refractivity contribution in [2.24, 2.45) is 0 Å². The van der Waals surface area contributed by atoms with Crippen molar-refractivity contribution >= 4 is 5.91 Å². The number of carbonyl (C=O) groups excluding carboxylic acids is 1. The van der Waals surface area contributed by atoms with Crippen molar-refractivity contribution in [1.82, 2.24) is 15.1 Å². The van der Waals surface area contributed by atoms with Gasteiger partial charge in [0.15, 0.2) is 0 Å². The number of benzene rings is 1. The highest BCUT2D eigenvalue weighted by atomic mass is 16.5. The highest BCUT2D eigenvalue weighted by molar-refractivity contribution is 5.78. The van der Waals surface area contributed by atoms with Gasteiger partial charge in [-0.25, -0.2) is 0 Å². The third kappa shape index (κ3) is 6.33. The second-order valence-corrected chi connectivity index (χ2v) is 7.18. The van der Waals surface area contributed by atoms with Gasteiger partial charge >= 0.3 is 0 Å². The molecule has 0 unspecified atom stereocenters. The second kappa shape index (κ2) is 9.78. The zero-order valence-electron chi connectivity index (χ0n) is 15.2. The Hall–Kier alpha value is -1.59. The molecule has 1 aliphatic heterocycles. The molecule has 5 nitrogen and oxygen atoms in total. The fourth-order valence-corrected chi connectivity index (χ4v) is 3.70. The Morgan fingerprint density at radius 2 is 1.68 bits per heavy atom. The minimum Gasteiger partial charge on any atom is -0.492 e. The van der Waals surface area contributed by atoms with Crippen LogP contribution in [0.5, 0.6) is 5.75 Å². The predicted molar refractivity (Wildman–Crippen MR) is 99.8 cm³/mol. The molecule has 1 N–H and O–H groups in total. The van der Waals surface area contributed by atoms with Crippen molar-refractivity contribution in [2.45, 2.75) is 38.1 Å². The zero-order valence-corrected chi connectivity index (χ0v) is 15.2. The number of hydrogen-bond acceptors (Lipinski definition) is 4. The summed E-state index contributed by atoms with van der Waals surface area (Å²) >= 11 is 0. The number of amides is 1. The molecule has 0 spiro atoms. The van der Waals surface area contributed by atoms with E-state index in [9.17, 15) is 4.79 Å². The lowest BCUT2D eigenvalue weighted by molar-refractivity contribution is -0.123. The maximum atomic E-state index is 12.2. The van der Waals surface area contributed by atoms with E-state index < -0.39 is 0 Å². The Morgan fingerprint density at radius 1 is 1.00 bits per heavy atom. The van der Waals surface area contributed by atoms with Gasteiger partial charge in [-0.3, -0.25) is 14.6 Å². The van der Waals surface area contributed by atoms with E-state index in [1.165, 1.54) is 19.3 Å². The Morgan fingerprint density at radius 3 is 2.40 bits per heavy atom. The molecule has 1 amide bonds. The lowest BCUT2D eigenvalue weighted by Gasteiger charge is -2.34. The van der Waals surface area contributed by atoms with Crippen LogP contribution >= 0.6 is 0 Å². The van der Waals surface area contributed by atoms with Crippen molar-refractivity contribution in [1.29, 1.82) is 0 Å². The van der Waals surface area contributed by atoms with E-state index in [0.717, 1.165) is 51.3 Å². The number of carbonyl (C=O) groups is 1. The van der Waals surface area contributed by atoms with E-state index in [1.54, 1.807) is 0 Å². The van der Waals surface area contributed by atoms with Crippen LogP contribution in [0.4, 0.5) is 0 Å². The summed E-state index contributed by atoms with van der Waals surface area (Å²) in [7, 11) is 0. The molecular formula is C20H31N3O2. The van der Waals surface area contributed by atoms with Crippen LogP contribution in [-0.4, -0.2) is 67.6 Å². The number of para-hydroxylation sites is 1. The molecule has 0 aromatic heterocycles. The molecule has 0 radical (unpaired) electrons. The van der Waals surface area contributed by atoms with Gasteiger partial charge in [-0.1, -0.05) is 37.5 Å². The van der Waals surface area contributed by atoms with Crippen molar-refractivity contribution in [3.8, 4) is 5.75 Å². The highest BCUT2D eigenvalue weighted by Crippen LogP contribution is 2.17. The van der Waals surface area contributed by atoms with Crippen LogP contribution in [0.15, 0.2) is 30.3 Å². The van der Waals surface area contributed by atoms with Gasteiger partial charge in [-0.05, 0) is 25.0 Å². The van der Waals surface area contributed by atoms with Crippen LogP contribution < -0.4 is 10.1 Å². The van der Waals surface area contributed by atoms with Gasteiger partial charge in [0, 0.05) is 38.8 Å². The van der Waals surface area contributed by atoms with E-state index in [2.05, 4.69) is 15.1 Å². The summed E-state index contributed by atoms with van der Waals surface area (Å²) in [6, 6.07) is 10.4. The normalized spacial score (nSPS) is 20.3. The summed E-state index contributed by atoms with van der Waals surface area (Å²) in [6.07, 6.45) is 6.15. The number of piperazine rings is 1. The van der Waals surface area contributed by atoms with E-state index in [0.29, 0.717) is 19.2 Å². The van der Waals surface area contributed by atoms with Gasteiger partial charge in [0.1, 0.15) is 12.4 Å². The molecule has 1 heterocycles. The minimum absolute atomic E-state index is 0.202. The fraction of sp³-hybridized carbons (Fsp3) is 0.650. The van der Waals surface area contributed by atoms with Gasteiger partial charge in [0.05, 0.1) is 6.54 Å². The van der Waals surface area contributed by atoms with Gasteiger partial charge in [-0.15, -0.1) is 0 Å². The Kier molecular flexibility index (Phi) is 7.12. The van der Waals surface area contributed by atoms with Crippen LogP contribution in [0.3, 0.4) is 0 Å². The fourth-order valence-electron chi connectivity index (χ4n) is 3.70. The molecule has 25 heavy (non-hydrogen) atoms. The Balaban J connectivity index is 1.28. The highest BCUT2D eigenvalue weighted by Gasteiger charge is 2.21. The molecule has 2 fully saturated rings. The molecule has 1 aromatic carbocycles. The maximum Gasteiger partial charge on any atom is 0.234 e. The minimum atomic E-state index is 0.202. The van der Waals surface area contributed by atoms with Crippen LogP contribution in [0.25, 0.3) is 0 Å². The van der Waals surface area contributed by atoms with Crippen molar-refractivity contribution in [2.75, 3.05) is 45.9 Å². The Labute approximate surface area is 151 Å². The lowest BCUT2D eigenvalue weighted by atomic mass is 9.95. The third-order valence-electron chi connectivity index (χ3n) is 5.22. The second-order valence-electron chi connectivity index (χ2n) is 7.18. The average Bonchev–Trinajstić information content (AvgIpc) is 2.65. The smallest absolute Gasteiger partial charge is 0.234 e. The molecule has 1 saturated heterocycles.